The zero-order valence-electron chi connectivity index (χ0n) is 19.4. The summed E-state index contributed by atoms with van der Waals surface area (Å²) in [6, 6.07) is 11.8. The predicted octanol–water partition coefficient (Wildman–Crippen LogP) is 4.21. The van der Waals surface area contributed by atoms with E-state index in [1.165, 1.54) is 0 Å². The number of carbonyl (C=O) groups is 1. The molecule has 1 fully saturated rings. The lowest BCUT2D eigenvalue weighted by atomic mass is 9.86. The Morgan fingerprint density at radius 3 is 2.68 bits per heavy atom. The number of benzene rings is 1. The van der Waals surface area contributed by atoms with E-state index in [4.69, 9.17) is 9.47 Å². The number of piperidine rings is 1. The Labute approximate surface area is 186 Å². The molecule has 0 radical (unpaired) electrons. The van der Waals surface area contributed by atoms with Gasteiger partial charge in [-0.2, -0.15) is 0 Å². The van der Waals surface area contributed by atoms with Crippen LogP contribution in [0.15, 0.2) is 42.6 Å². The maximum atomic E-state index is 12.8. The van der Waals surface area contributed by atoms with Crippen LogP contribution in [0.4, 0.5) is 0 Å². The number of methoxy groups -OCH3 is 2. The number of nitrogens with one attached hydrogen (secondary N) is 1. The summed E-state index contributed by atoms with van der Waals surface area (Å²) in [5, 5.41) is 3.30. The maximum Gasteiger partial charge on any atom is 0.225 e. The summed E-state index contributed by atoms with van der Waals surface area (Å²) in [5.41, 5.74) is 1.61. The van der Waals surface area contributed by atoms with E-state index in [0.29, 0.717) is 5.92 Å². The molecule has 1 saturated heterocycles. The van der Waals surface area contributed by atoms with E-state index in [0.717, 1.165) is 55.2 Å². The van der Waals surface area contributed by atoms with Gasteiger partial charge in [0.15, 0.2) is 0 Å². The summed E-state index contributed by atoms with van der Waals surface area (Å²) in [6.07, 6.45) is 3.94. The smallest absolute Gasteiger partial charge is 0.225 e. The molecule has 2 heterocycles. The van der Waals surface area contributed by atoms with E-state index in [1.54, 1.807) is 20.4 Å². The van der Waals surface area contributed by atoms with Crippen molar-refractivity contribution >= 4 is 5.91 Å². The van der Waals surface area contributed by atoms with Crippen LogP contribution >= 0.6 is 0 Å². The minimum atomic E-state index is -0.447. The summed E-state index contributed by atoms with van der Waals surface area (Å²) in [5.74, 6) is 1.97. The SMILES string of the molecule is COc1ccc(CN2CCC[C@@H]([C@@H](NC(=O)C(C)(C)C)c3ccccn3)C2)c(OC)c1. The molecule has 6 nitrogen and oxygen atoms in total. The number of pyridine rings is 1. The second-order valence-corrected chi connectivity index (χ2v) is 9.27. The highest BCUT2D eigenvalue weighted by Crippen LogP contribution is 2.32. The first-order chi connectivity index (χ1) is 14.8. The average Bonchev–Trinajstić information content (AvgIpc) is 2.77. The number of ether oxygens (including phenoxy) is 2. The van der Waals surface area contributed by atoms with Crippen molar-refractivity contribution in [3.8, 4) is 11.5 Å². The molecule has 31 heavy (non-hydrogen) atoms. The lowest BCUT2D eigenvalue weighted by Gasteiger charge is -2.38. The van der Waals surface area contributed by atoms with Gasteiger partial charge in [-0.1, -0.05) is 32.9 Å². The van der Waals surface area contributed by atoms with E-state index < -0.39 is 5.41 Å². The largest absolute Gasteiger partial charge is 0.497 e. The predicted molar refractivity (Wildman–Crippen MR) is 122 cm³/mol. The summed E-state index contributed by atoms with van der Waals surface area (Å²) in [4.78, 5) is 19.8. The van der Waals surface area contributed by atoms with Gasteiger partial charge in [0.05, 0.1) is 26.0 Å². The van der Waals surface area contributed by atoms with E-state index in [1.807, 2.05) is 51.1 Å². The van der Waals surface area contributed by atoms with Gasteiger partial charge in [-0.25, -0.2) is 0 Å². The molecule has 1 aromatic heterocycles. The van der Waals surface area contributed by atoms with Gasteiger partial charge >= 0.3 is 0 Å². The third-order valence-corrected chi connectivity index (χ3v) is 5.88. The second kappa shape index (κ2) is 10.1. The van der Waals surface area contributed by atoms with Crippen LogP contribution in [0.5, 0.6) is 11.5 Å². The molecule has 3 rings (SSSR count). The summed E-state index contributed by atoms with van der Waals surface area (Å²) in [7, 11) is 3.35. The van der Waals surface area contributed by atoms with Crippen LogP contribution in [0.2, 0.25) is 0 Å². The quantitative estimate of drug-likeness (QED) is 0.720. The molecular weight excluding hydrogens is 390 g/mol. The maximum absolute atomic E-state index is 12.8. The molecule has 0 spiro atoms. The number of likely N-dealkylation sites (tertiary alicyclic amines) is 1. The lowest BCUT2D eigenvalue weighted by molar-refractivity contribution is -0.130. The van der Waals surface area contributed by atoms with Gasteiger partial charge in [-0.3, -0.25) is 14.7 Å². The fourth-order valence-corrected chi connectivity index (χ4v) is 4.08. The Bertz CT molecular complexity index is 864. The molecule has 168 valence electrons. The van der Waals surface area contributed by atoms with E-state index >= 15 is 0 Å². The summed E-state index contributed by atoms with van der Waals surface area (Å²) >= 11 is 0. The van der Waals surface area contributed by atoms with Crippen molar-refractivity contribution in [2.75, 3.05) is 27.3 Å². The highest BCUT2D eigenvalue weighted by molar-refractivity contribution is 5.81. The molecule has 0 aliphatic carbocycles. The second-order valence-electron chi connectivity index (χ2n) is 9.27. The lowest BCUT2D eigenvalue weighted by Crippen LogP contribution is -2.45. The fourth-order valence-electron chi connectivity index (χ4n) is 4.08. The van der Waals surface area contributed by atoms with Crippen LogP contribution in [0, 0.1) is 11.3 Å². The molecular formula is C25H35N3O3. The van der Waals surface area contributed by atoms with Crippen molar-refractivity contribution in [3.05, 3.63) is 53.9 Å². The monoisotopic (exact) mass is 425 g/mol. The van der Waals surface area contributed by atoms with Gasteiger partial charge in [0, 0.05) is 36.3 Å². The van der Waals surface area contributed by atoms with Crippen molar-refractivity contribution in [2.45, 2.75) is 46.2 Å². The van der Waals surface area contributed by atoms with Crippen molar-refractivity contribution in [1.29, 1.82) is 0 Å². The molecule has 1 N–H and O–H groups in total. The Balaban J connectivity index is 1.78. The van der Waals surface area contributed by atoms with Crippen LogP contribution in [0.3, 0.4) is 0 Å². The molecule has 1 aromatic carbocycles. The van der Waals surface area contributed by atoms with Crippen LogP contribution in [0.1, 0.15) is 50.9 Å². The van der Waals surface area contributed by atoms with Crippen LogP contribution in [-0.2, 0) is 11.3 Å². The third kappa shape index (κ3) is 5.97. The first kappa shape index (κ1) is 23.1. The minimum absolute atomic E-state index is 0.0529. The van der Waals surface area contributed by atoms with Crippen molar-refractivity contribution in [1.82, 2.24) is 15.2 Å². The van der Waals surface area contributed by atoms with Gasteiger partial charge in [0.1, 0.15) is 11.5 Å². The molecule has 1 aliphatic rings. The molecule has 2 atom stereocenters. The Kier molecular flexibility index (Phi) is 7.55. The van der Waals surface area contributed by atoms with Gasteiger partial charge in [0.25, 0.3) is 0 Å². The molecule has 1 aliphatic heterocycles. The highest BCUT2D eigenvalue weighted by atomic mass is 16.5. The Morgan fingerprint density at radius 1 is 1.23 bits per heavy atom. The number of hydrogen-bond donors (Lipinski definition) is 1. The number of hydrogen-bond acceptors (Lipinski definition) is 5. The van der Waals surface area contributed by atoms with Gasteiger partial charge in [-0.05, 0) is 43.5 Å². The first-order valence-corrected chi connectivity index (χ1v) is 11.0. The molecule has 2 aromatic rings. The zero-order valence-corrected chi connectivity index (χ0v) is 19.4. The normalized spacial score (nSPS) is 18.3. The zero-order chi connectivity index (χ0) is 22.4. The first-order valence-electron chi connectivity index (χ1n) is 11.0. The number of aromatic nitrogens is 1. The minimum Gasteiger partial charge on any atom is -0.497 e. The number of amides is 1. The van der Waals surface area contributed by atoms with Crippen molar-refractivity contribution in [2.24, 2.45) is 11.3 Å². The molecule has 0 saturated carbocycles. The number of carbonyl (C=O) groups excluding carboxylic acids is 1. The summed E-state index contributed by atoms with van der Waals surface area (Å²) < 4.78 is 10.9. The van der Waals surface area contributed by atoms with Gasteiger partial charge < -0.3 is 14.8 Å². The molecule has 6 heteroatoms. The van der Waals surface area contributed by atoms with E-state index in [-0.39, 0.29) is 11.9 Å². The topological polar surface area (TPSA) is 63.7 Å². The van der Waals surface area contributed by atoms with Crippen molar-refractivity contribution < 1.29 is 14.3 Å². The van der Waals surface area contributed by atoms with E-state index in [2.05, 4.69) is 21.3 Å². The number of rotatable bonds is 7. The highest BCUT2D eigenvalue weighted by Gasteiger charge is 2.33. The standard InChI is InChI=1S/C25H35N3O3/c1-25(2,3)24(29)27-23(21-10-6-7-13-26-21)19-9-8-14-28(17-19)16-18-11-12-20(30-4)15-22(18)31-5/h6-7,10-13,15,19,23H,8-9,14,16-17H2,1-5H3,(H,27,29)/t19-,23-/m1/s1. The van der Waals surface area contributed by atoms with Gasteiger partial charge in [-0.15, -0.1) is 0 Å². The molecule has 0 unspecified atom stereocenters. The Morgan fingerprint density at radius 2 is 2.03 bits per heavy atom. The van der Waals surface area contributed by atoms with Crippen LogP contribution in [0.25, 0.3) is 0 Å². The fraction of sp³-hybridized carbons (Fsp3) is 0.520. The average molecular weight is 426 g/mol. The Hall–Kier alpha value is -2.60. The molecule has 1 amide bonds. The number of nitrogens with zero attached hydrogens (tertiary/aromatic N) is 2. The van der Waals surface area contributed by atoms with Crippen LogP contribution in [-0.4, -0.2) is 43.1 Å². The van der Waals surface area contributed by atoms with E-state index in [9.17, 15) is 4.79 Å². The summed E-state index contributed by atoms with van der Waals surface area (Å²) in [6.45, 7) is 8.54. The third-order valence-electron chi connectivity index (χ3n) is 5.88. The van der Waals surface area contributed by atoms with Crippen molar-refractivity contribution in [3.63, 3.8) is 0 Å². The van der Waals surface area contributed by atoms with Crippen LogP contribution < -0.4 is 14.8 Å². The molecule has 0 bridgehead atoms. The van der Waals surface area contributed by atoms with Gasteiger partial charge in [0.2, 0.25) is 5.91 Å².